The molecule has 0 saturated carbocycles. The number of rotatable bonds is 9. The first-order valence-electron chi connectivity index (χ1n) is 5.94. The Hall–Kier alpha value is -0.120. The molecule has 92 valence electrons. The molecule has 0 aromatic heterocycles. The molecule has 0 aliphatic carbocycles. The van der Waals surface area contributed by atoms with Gasteiger partial charge in [0, 0.05) is 19.8 Å². The predicted octanol–water partition coefficient (Wildman–Crippen LogP) is 2.06. The monoisotopic (exact) mass is 217 g/mol. The van der Waals surface area contributed by atoms with Gasteiger partial charge in [0.15, 0.2) is 0 Å². The average Bonchev–Trinajstić information content (AvgIpc) is 2.15. The van der Waals surface area contributed by atoms with Gasteiger partial charge in [-0.3, -0.25) is 0 Å². The molecule has 2 unspecified atom stereocenters. The second-order valence-electron chi connectivity index (χ2n) is 4.43. The molecule has 2 atom stereocenters. The van der Waals surface area contributed by atoms with Crippen LogP contribution < -0.4 is 5.32 Å². The molecule has 0 bridgehead atoms. The van der Waals surface area contributed by atoms with Crippen LogP contribution in [0.5, 0.6) is 0 Å². The van der Waals surface area contributed by atoms with Crippen molar-refractivity contribution in [2.45, 2.75) is 46.3 Å². The Morgan fingerprint density at radius 3 is 2.27 bits per heavy atom. The van der Waals surface area contributed by atoms with E-state index in [2.05, 4.69) is 33.0 Å². The summed E-state index contributed by atoms with van der Waals surface area (Å²) in [7, 11) is 1.75. The molecule has 0 heterocycles. The fraction of sp³-hybridized carbons (Fsp3) is 1.00. The molecule has 15 heavy (non-hydrogen) atoms. The Bertz CT molecular complexity index is 140. The molecule has 0 fully saturated rings. The first-order chi connectivity index (χ1) is 7.10. The molecule has 0 aromatic rings. The summed E-state index contributed by atoms with van der Waals surface area (Å²) in [6, 6.07) is 0.447. The zero-order valence-electron chi connectivity index (χ0n) is 10.9. The molecule has 3 nitrogen and oxygen atoms in total. The standard InChI is InChI=1S/C12H27NO2/c1-6-13-12(9-15-10(2)3)7-11(4)8-14-5/h10-13H,6-9H2,1-5H3. The van der Waals surface area contributed by atoms with Crippen molar-refractivity contribution in [2.24, 2.45) is 5.92 Å². The van der Waals surface area contributed by atoms with Gasteiger partial charge in [0.2, 0.25) is 0 Å². The highest BCUT2D eigenvalue weighted by atomic mass is 16.5. The Balaban J connectivity index is 3.80. The quantitative estimate of drug-likeness (QED) is 0.641. The molecule has 0 aliphatic rings. The zero-order valence-corrected chi connectivity index (χ0v) is 10.9. The maximum absolute atomic E-state index is 5.63. The van der Waals surface area contributed by atoms with Gasteiger partial charge in [0.25, 0.3) is 0 Å². The summed E-state index contributed by atoms with van der Waals surface area (Å²) in [5.74, 6) is 0.579. The lowest BCUT2D eigenvalue weighted by Crippen LogP contribution is -2.36. The summed E-state index contributed by atoms with van der Waals surface area (Å²) in [6.45, 7) is 11.1. The molecule has 0 radical (unpaired) electrons. The third kappa shape index (κ3) is 8.85. The van der Waals surface area contributed by atoms with Crippen LogP contribution in [-0.2, 0) is 9.47 Å². The van der Waals surface area contributed by atoms with E-state index in [1.807, 2.05) is 0 Å². The van der Waals surface area contributed by atoms with Crippen LogP contribution in [0.3, 0.4) is 0 Å². The molecule has 0 aliphatic heterocycles. The van der Waals surface area contributed by atoms with Crippen molar-refractivity contribution in [3.05, 3.63) is 0 Å². The van der Waals surface area contributed by atoms with Crippen molar-refractivity contribution in [3.63, 3.8) is 0 Å². The van der Waals surface area contributed by atoms with Crippen molar-refractivity contribution in [1.82, 2.24) is 5.32 Å². The van der Waals surface area contributed by atoms with E-state index < -0.39 is 0 Å². The molecular weight excluding hydrogens is 190 g/mol. The minimum atomic E-state index is 0.309. The predicted molar refractivity (Wildman–Crippen MR) is 64.2 cm³/mol. The van der Waals surface area contributed by atoms with Crippen molar-refractivity contribution < 1.29 is 9.47 Å². The summed E-state index contributed by atoms with van der Waals surface area (Å²) in [5, 5.41) is 3.45. The highest BCUT2D eigenvalue weighted by Crippen LogP contribution is 2.07. The smallest absolute Gasteiger partial charge is 0.0623 e. The van der Waals surface area contributed by atoms with E-state index in [0.717, 1.165) is 26.2 Å². The fourth-order valence-corrected chi connectivity index (χ4v) is 1.65. The van der Waals surface area contributed by atoms with Gasteiger partial charge in [0.05, 0.1) is 12.7 Å². The summed E-state index contributed by atoms with van der Waals surface area (Å²) in [4.78, 5) is 0. The molecule has 0 rings (SSSR count). The highest BCUT2D eigenvalue weighted by Gasteiger charge is 2.12. The second kappa shape index (κ2) is 9.13. The van der Waals surface area contributed by atoms with Gasteiger partial charge in [-0.25, -0.2) is 0 Å². The zero-order chi connectivity index (χ0) is 11.7. The van der Waals surface area contributed by atoms with E-state index in [1.54, 1.807) is 7.11 Å². The minimum absolute atomic E-state index is 0.309. The van der Waals surface area contributed by atoms with E-state index >= 15 is 0 Å². The third-order valence-corrected chi connectivity index (χ3v) is 2.26. The SMILES string of the molecule is CCNC(COC(C)C)CC(C)COC. The number of likely N-dealkylation sites (N-methyl/N-ethyl adjacent to an activating group) is 1. The Kier molecular flexibility index (Phi) is 9.06. The van der Waals surface area contributed by atoms with Crippen LogP contribution in [0, 0.1) is 5.92 Å². The average molecular weight is 217 g/mol. The lowest BCUT2D eigenvalue weighted by molar-refractivity contribution is 0.0523. The third-order valence-electron chi connectivity index (χ3n) is 2.26. The topological polar surface area (TPSA) is 30.5 Å². The van der Waals surface area contributed by atoms with Gasteiger partial charge in [-0.15, -0.1) is 0 Å². The fourth-order valence-electron chi connectivity index (χ4n) is 1.65. The van der Waals surface area contributed by atoms with E-state index in [0.29, 0.717) is 18.1 Å². The summed E-state index contributed by atoms with van der Waals surface area (Å²) >= 11 is 0. The van der Waals surface area contributed by atoms with Crippen LogP contribution in [0.1, 0.15) is 34.1 Å². The van der Waals surface area contributed by atoms with Gasteiger partial charge in [0.1, 0.15) is 0 Å². The van der Waals surface area contributed by atoms with E-state index in [-0.39, 0.29) is 0 Å². The number of hydrogen-bond acceptors (Lipinski definition) is 3. The van der Waals surface area contributed by atoms with Gasteiger partial charge in [-0.05, 0) is 32.7 Å². The lowest BCUT2D eigenvalue weighted by atomic mass is 10.0. The number of methoxy groups -OCH3 is 1. The van der Waals surface area contributed by atoms with E-state index in [1.165, 1.54) is 0 Å². The summed E-state index contributed by atoms with van der Waals surface area (Å²) in [6.07, 6.45) is 1.41. The summed E-state index contributed by atoms with van der Waals surface area (Å²) < 4.78 is 10.8. The highest BCUT2D eigenvalue weighted by molar-refractivity contribution is 4.69. The second-order valence-corrected chi connectivity index (χ2v) is 4.43. The van der Waals surface area contributed by atoms with Gasteiger partial charge in [-0.2, -0.15) is 0 Å². The van der Waals surface area contributed by atoms with Crippen molar-refractivity contribution in [1.29, 1.82) is 0 Å². The first-order valence-corrected chi connectivity index (χ1v) is 5.94. The van der Waals surface area contributed by atoms with Crippen LogP contribution in [0.4, 0.5) is 0 Å². The van der Waals surface area contributed by atoms with Crippen LogP contribution in [0.2, 0.25) is 0 Å². The van der Waals surface area contributed by atoms with Crippen LogP contribution in [-0.4, -0.2) is 39.0 Å². The van der Waals surface area contributed by atoms with Gasteiger partial charge in [-0.1, -0.05) is 13.8 Å². The van der Waals surface area contributed by atoms with Crippen LogP contribution in [0.15, 0.2) is 0 Å². The van der Waals surface area contributed by atoms with Crippen molar-refractivity contribution in [2.75, 3.05) is 26.9 Å². The van der Waals surface area contributed by atoms with Gasteiger partial charge < -0.3 is 14.8 Å². The maximum Gasteiger partial charge on any atom is 0.0623 e. The first kappa shape index (κ1) is 14.9. The largest absolute Gasteiger partial charge is 0.384 e. The molecule has 0 aromatic carbocycles. The molecule has 3 heteroatoms. The Labute approximate surface area is 94.5 Å². The summed E-state index contributed by atoms with van der Waals surface area (Å²) in [5.41, 5.74) is 0. The maximum atomic E-state index is 5.63. The van der Waals surface area contributed by atoms with Crippen molar-refractivity contribution in [3.8, 4) is 0 Å². The molecule has 0 amide bonds. The Morgan fingerprint density at radius 2 is 1.80 bits per heavy atom. The number of nitrogens with one attached hydrogen (secondary N) is 1. The van der Waals surface area contributed by atoms with Crippen molar-refractivity contribution >= 4 is 0 Å². The molecule has 0 saturated heterocycles. The molecule has 1 N–H and O–H groups in total. The van der Waals surface area contributed by atoms with Gasteiger partial charge >= 0.3 is 0 Å². The van der Waals surface area contributed by atoms with E-state index in [4.69, 9.17) is 9.47 Å². The van der Waals surface area contributed by atoms with Crippen LogP contribution >= 0.6 is 0 Å². The number of hydrogen-bond donors (Lipinski definition) is 1. The lowest BCUT2D eigenvalue weighted by Gasteiger charge is -2.22. The van der Waals surface area contributed by atoms with E-state index in [9.17, 15) is 0 Å². The minimum Gasteiger partial charge on any atom is -0.384 e. The Morgan fingerprint density at radius 1 is 1.13 bits per heavy atom. The molecule has 0 spiro atoms. The van der Waals surface area contributed by atoms with Crippen LogP contribution in [0.25, 0.3) is 0 Å². The molecular formula is C12H27NO2. The number of ether oxygens (including phenoxy) is 2. The normalized spacial score (nSPS) is 15.6.